The summed E-state index contributed by atoms with van der Waals surface area (Å²) < 4.78 is 28.0. The Kier molecular flexibility index (Phi) is 7.77. The summed E-state index contributed by atoms with van der Waals surface area (Å²) in [4.78, 5) is 0. The Morgan fingerprint density at radius 2 is 1.48 bits per heavy atom. The van der Waals surface area contributed by atoms with E-state index in [0.717, 1.165) is 11.1 Å². The van der Waals surface area contributed by atoms with E-state index in [9.17, 15) is 5.11 Å². The first kappa shape index (κ1) is 19.9. The minimum Gasteiger partial charge on any atom is -0.374 e. The van der Waals surface area contributed by atoms with Crippen molar-refractivity contribution in [1.29, 1.82) is 0 Å². The molecule has 0 aromatic heterocycles. The number of aliphatic hydroxyl groups is 1. The molecule has 2 aromatic carbocycles. The van der Waals surface area contributed by atoms with Gasteiger partial charge in [-0.25, -0.2) is 0 Å². The molecule has 6 nitrogen and oxygen atoms in total. The van der Waals surface area contributed by atoms with Crippen LogP contribution in [-0.4, -0.2) is 50.2 Å². The Bertz CT molecular complexity index is 650. The second kappa shape index (κ2) is 10.5. The maximum absolute atomic E-state index is 10.2. The van der Waals surface area contributed by atoms with Crippen LogP contribution in [0.15, 0.2) is 60.7 Å². The van der Waals surface area contributed by atoms with Crippen LogP contribution in [0.2, 0.25) is 0 Å². The predicted molar refractivity (Wildman–Crippen MR) is 98.7 cm³/mol. The van der Waals surface area contributed by atoms with Crippen molar-refractivity contribution in [3.8, 4) is 0 Å². The molecule has 0 saturated carbocycles. The van der Waals surface area contributed by atoms with E-state index in [1.807, 2.05) is 60.7 Å². The van der Waals surface area contributed by atoms with Gasteiger partial charge in [0.05, 0.1) is 19.8 Å². The highest BCUT2D eigenvalue weighted by molar-refractivity contribution is 5.14. The predicted octanol–water partition coefficient (Wildman–Crippen LogP) is 2.49. The number of rotatable bonds is 10. The van der Waals surface area contributed by atoms with E-state index in [4.69, 9.17) is 23.7 Å². The molecule has 1 heterocycles. The summed E-state index contributed by atoms with van der Waals surface area (Å²) in [6, 6.07) is 19.7. The van der Waals surface area contributed by atoms with Gasteiger partial charge in [0.2, 0.25) is 0 Å². The van der Waals surface area contributed by atoms with Gasteiger partial charge in [-0.2, -0.15) is 0 Å². The molecule has 27 heavy (non-hydrogen) atoms. The van der Waals surface area contributed by atoms with Crippen molar-refractivity contribution < 1.29 is 28.8 Å². The van der Waals surface area contributed by atoms with E-state index >= 15 is 0 Å². The molecule has 4 atom stereocenters. The molecule has 146 valence electrons. The number of ether oxygens (including phenoxy) is 5. The number of hydrogen-bond acceptors (Lipinski definition) is 6. The van der Waals surface area contributed by atoms with Crippen LogP contribution in [0.4, 0.5) is 0 Å². The SMILES string of the molecule is COCO[C@@H]1C(O)O[C@@H](COCc2ccccc2)[C@H]1OCc1ccccc1. The molecule has 0 spiro atoms. The van der Waals surface area contributed by atoms with Crippen LogP contribution < -0.4 is 0 Å². The molecule has 3 rings (SSSR count). The fraction of sp³-hybridized carbons (Fsp3) is 0.429. The molecule has 0 bridgehead atoms. The van der Waals surface area contributed by atoms with E-state index in [2.05, 4.69) is 0 Å². The van der Waals surface area contributed by atoms with Crippen molar-refractivity contribution in [1.82, 2.24) is 0 Å². The fourth-order valence-corrected chi connectivity index (χ4v) is 3.00. The highest BCUT2D eigenvalue weighted by Crippen LogP contribution is 2.27. The number of aliphatic hydroxyl groups excluding tert-OH is 1. The quantitative estimate of drug-likeness (QED) is 0.645. The molecule has 1 unspecified atom stereocenters. The first-order chi connectivity index (χ1) is 13.3. The second-order valence-electron chi connectivity index (χ2n) is 6.36. The van der Waals surface area contributed by atoms with Gasteiger partial charge in [0.25, 0.3) is 0 Å². The van der Waals surface area contributed by atoms with E-state index in [1.54, 1.807) is 0 Å². The van der Waals surface area contributed by atoms with Gasteiger partial charge in [-0.3, -0.25) is 0 Å². The number of benzene rings is 2. The van der Waals surface area contributed by atoms with E-state index in [0.29, 0.717) is 13.2 Å². The molecule has 1 aliphatic rings. The van der Waals surface area contributed by atoms with Gasteiger partial charge in [-0.15, -0.1) is 0 Å². The Morgan fingerprint density at radius 3 is 2.11 bits per heavy atom. The monoisotopic (exact) mass is 374 g/mol. The summed E-state index contributed by atoms with van der Waals surface area (Å²) in [6.07, 6.45) is -2.63. The largest absolute Gasteiger partial charge is 0.374 e. The molecule has 2 aromatic rings. The van der Waals surface area contributed by atoms with Gasteiger partial charge in [0, 0.05) is 7.11 Å². The molecule has 0 aliphatic carbocycles. The van der Waals surface area contributed by atoms with E-state index in [1.165, 1.54) is 7.11 Å². The molecule has 0 radical (unpaired) electrons. The molecule has 1 saturated heterocycles. The smallest absolute Gasteiger partial charge is 0.184 e. The average Bonchev–Trinajstić information content (AvgIpc) is 3.00. The maximum Gasteiger partial charge on any atom is 0.184 e. The lowest BCUT2D eigenvalue weighted by Crippen LogP contribution is -2.39. The zero-order valence-electron chi connectivity index (χ0n) is 15.4. The zero-order valence-corrected chi connectivity index (χ0v) is 15.4. The first-order valence-corrected chi connectivity index (χ1v) is 8.99. The molecule has 0 amide bonds. The Hall–Kier alpha value is -1.80. The van der Waals surface area contributed by atoms with Crippen LogP contribution >= 0.6 is 0 Å². The fourth-order valence-electron chi connectivity index (χ4n) is 3.00. The topological polar surface area (TPSA) is 66.4 Å². The third-order valence-electron chi connectivity index (χ3n) is 4.34. The van der Waals surface area contributed by atoms with Gasteiger partial charge in [-0.1, -0.05) is 60.7 Å². The highest BCUT2D eigenvalue weighted by Gasteiger charge is 2.45. The molecular formula is C21H26O6. The minimum atomic E-state index is -1.09. The van der Waals surface area contributed by atoms with Crippen LogP contribution in [0.1, 0.15) is 11.1 Å². The summed E-state index contributed by atoms with van der Waals surface area (Å²) in [5, 5.41) is 10.2. The highest BCUT2D eigenvalue weighted by atomic mass is 16.7. The van der Waals surface area contributed by atoms with E-state index < -0.39 is 24.6 Å². The Morgan fingerprint density at radius 1 is 0.852 bits per heavy atom. The molecular weight excluding hydrogens is 348 g/mol. The third-order valence-corrected chi connectivity index (χ3v) is 4.34. The summed E-state index contributed by atoms with van der Waals surface area (Å²) in [6.45, 7) is 1.20. The summed E-state index contributed by atoms with van der Waals surface area (Å²) in [7, 11) is 1.53. The molecule has 1 N–H and O–H groups in total. The Balaban J connectivity index is 1.58. The first-order valence-electron chi connectivity index (χ1n) is 8.99. The van der Waals surface area contributed by atoms with Crippen LogP contribution in [0.3, 0.4) is 0 Å². The Labute approximate surface area is 159 Å². The lowest BCUT2D eigenvalue weighted by atomic mass is 10.1. The summed E-state index contributed by atoms with van der Waals surface area (Å²) in [5.41, 5.74) is 2.11. The normalized spacial score (nSPS) is 25.0. The van der Waals surface area contributed by atoms with Gasteiger partial charge < -0.3 is 28.8 Å². The lowest BCUT2D eigenvalue weighted by Gasteiger charge is -2.23. The van der Waals surface area contributed by atoms with Crippen LogP contribution in [-0.2, 0) is 36.9 Å². The van der Waals surface area contributed by atoms with Gasteiger partial charge in [0.1, 0.15) is 25.1 Å². The van der Waals surface area contributed by atoms with Crippen molar-refractivity contribution in [3.05, 3.63) is 71.8 Å². The van der Waals surface area contributed by atoms with Crippen molar-refractivity contribution >= 4 is 0 Å². The second-order valence-corrected chi connectivity index (χ2v) is 6.36. The van der Waals surface area contributed by atoms with Crippen molar-refractivity contribution in [2.75, 3.05) is 20.5 Å². The van der Waals surface area contributed by atoms with Crippen LogP contribution in [0.25, 0.3) is 0 Å². The maximum atomic E-state index is 10.2. The molecule has 6 heteroatoms. The van der Waals surface area contributed by atoms with Crippen molar-refractivity contribution in [2.45, 2.75) is 37.8 Å². The number of methoxy groups -OCH3 is 1. The van der Waals surface area contributed by atoms with Crippen molar-refractivity contribution in [2.24, 2.45) is 0 Å². The van der Waals surface area contributed by atoms with Crippen LogP contribution in [0.5, 0.6) is 0 Å². The van der Waals surface area contributed by atoms with E-state index in [-0.39, 0.29) is 13.4 Å². The van der Waals surface area contributed by atoms with Gasteiger partial charge in [0.15, 0.2) is 6.29 Å². The third kappa shape index (κ3) is 5.84. The standard InChI is InChI=1S/C21H26O6/c1-23-15-26-20-19(25-13-17-10-6-3-7-11-17)18(27-21(20)22)14-24-12-16-8-4-2-5-9-16/h2-11,18-22H,12-15H2,1H3/t18-,19+,20-,21?/m0/s1. The summed E-state index contributed by atoms with van der Waals surface area (Å²) >= 11 is 0. The average molecular weight is 374 g/mol. The molecule has 1 aliphatic heterocycles. The lowest BCUT2D eigenvalue weighted by molar-refractivity contribution is -0.176. The van der Waals surface area contributed by atoms with Crippen molar-refractivity contribution in [3.63, 3.8) is 0 Å². The zero-order chi connectivity index (χ0) is 18.9. The van der Waals surface area contributed by atoms with Gasteiger partial charge in [-0.05, 0) is 11.1 Å². The summed E-state index contributed by atoms with van der Waals surface area (Å²) in [5.74, 6) is 0. The minimum absolute atomic E-state index is 0.0495. The van der Waals surface area contributed by atoms with Crippen LogP contribution in [0, 0.1) is 0 Å². The van der Waals surface area contributed by atoms with Gasteiger partial charge >= 0.3 is 0 Å². The number of hydrogen-bond donors (Lipinski definition) is 1. The molecule has 1 fully saturated rings.